The van der Waals surface area contributed by atoms with Gasteiger partial charge in [-0.3, -0.25) is 9.59 Å². The number of piperidine rings is 2. The smallest absolute Gasteiger partial charge is 0.223 e. The van der Waals surface area contributed by atoms with Gasteiger partial charge < -0.3 is 10.2 Å². The molecule has 2 rings (SSSR count). The van der Waals surface area contributed by atoms with Crippen LogP contribution in [-0.4, -0.2) is 36.3 Å². The summed E-state index contributed by atoms with van der Waals surface area (Å²) in [6.07, 6.45) is 5.74. The fourth-order valence-corrected chi connectivity index (χ4v) is 2.51. The first kappa shape index (κ1) is 11.4. The molecule has 16 heavy (non-hydrogen) atoms. The Hall–Kier alpha value is -1.06. The first-order valence-electron chi connectivity index (χ1n) is 6.33. The molecule has 0 aromatic carbocycles. The lowest BCUT2D eigenvalue weighted by atomic mass is 9.94. The van der Waals surface area contributed by atoms with Gasteiger partial charge >= 0.3 is 0 Å². The third kappa shape index (κ3) is 2.74. The number of carbonyl (C=O) groups excluding carboxylic acids is 2. The van der Waals surface area contributed by atoms with E-state index < -0.39 is 0 Å². The number of nitrogens with one attached hydrogen (secondary N) is 1. The minimum Gasteiger partial charge on any atom is -0.356 e. The fourth-order valence-electron chi connectivity index (χ4n) is 2.51. The molecule has 0 aliphatic carbocycles. The number of nitrogens with zero attached hydrogens (tertiary/aromatic N) is 1. The molecule has 2 heterocycles. The SMILES string of the molecule is O=C1NCCCC1CC(=O)N1CCCCC1. The molecule has 4 nitrogen and oxygen atoms in total. The van der Waals surface area contributed by atoms with Crippen molar-refractivity contribution in [1.82, 2.24) is 10.2 Å². The van der Waals surface area contributed by atoms with E-state index in [-0.39, 0.29) is 17.7 Å². The Morgan fingerprint density at radius 2 is 2.00 bits per heavy atom. The average Bonchev–Trinajstić information content (AvgIpc) is 2.33. The van der Waals surface area contributed by atoms with Crippen LogP contribution in [0.25, 0.3) is 0 Å². The molecule has 0 radical (unpaired) electrons. The van der Waals surface area contributed by atoms with Gasteiger partial charge in [-0.2, -0.15) is 0 Å². The molecular weight excluding hydrogens is 204 g/mol. The van der Waals surface area contributed by atoms with E-state index in [1.165, 1.54) is 6.42 Å². The van der Waals surface area contributed by atoms with Gasteiger partial charge in [-0.05, 0) is 32.1 Å². The highest BCUT2D eigenvalue weighted by molar-refractivity contribution is 5.86. The van der Waals surface area contributed by atoms with E-state index in [0.29, 0.717) is 6.42 Å². The summed E-state index contributed by atoms with van der Waals surface area (Å²) in [6, 6.07) is 0. The van der Waals surface area contributed by atoms with Crippen molar-refractivity contribution < 1.29 is 9.59 Å². The van der Waals surface area contributed by atoms with Crippen molar-refractivity contribution in [3.63, 3.8) is 0 Å². The van der Waals surface area contributed by atoms with Crippen molar-refractivity contribution in [2.45, 2.75) is 38.5 Å². The maximum absolute atomic E-state index is 12.0. The molecule has 0 aromatic heterocycles. The summed E-state index contributed by atoms with van der Waals surface area (Å²) in [7, 11) is 0. The van der Waals surface area contributed by atoms with Gasteiger partial charge in [0.15, 0.2) is 0 Å². The molecule has 4 heteroatoms. The van der Waals surface area contributed by atoms with Crippen molar-refractivity contribution in [2.24, 2.45) is 5.92 Å². The monoisotopic (exact) mass is 224 g/mol. The normalized spacial score (nSPS) is 26.4. The zero-order valence-corrected chi connectivity index (χ0v) is 9.71. The van der Waals surface area contributed by atoms with Gasteiger partial charge in [0.2, 0.25) is 11.8 Å². The standard InChI is InChI=1S/C12H20N2O2/c15-11(14-7-2-1-3-8-14)9-10-5-4-6-13-12(10)16/h10H,1-9H2,(H,13,16). The highest BCUT2D eigenvalue weighted by Crippen LogP contribution is 2.18. The summed E-state index contributed by atoms with van der Waals surface area (Å²) < 4.78 is 0. The third-order valence-corrected chi connectivity index (χ3v) is 3.53. The Morgan fingerprint density at radius 3 is 2.69 bits per heavy atom. The molecule has 1 unspecified atom stereocenters. The van der Waals surface area contributed by atoms with Crippen LogP contribution < -0.4 is 5.32 Å². The number of carbonyl (C=O) groups is 2. The second-order valence-corrected chi connectivity index (χ2v) is 4.78. The van der Waals surface area contributed by atoms with Crippen LogP contribution in [0, 0.1) is 5.92 Å². The molecule has 2 saturated heterocycles. The van der Waals surface area contributed by atoms with Crippen LogP contribution in [0.2, 0.25) is 0 Å². The summed E-state index contributed by atoms with van der Waals surface area (Å²) in [6.45, 7) is 2.54. The molecule has 0 spiro atoms. The molecule has 1 N–H and O–H groups in total. The van der Waals surface area contributed by atoms with E-state index in [4.69, 9.17) is 0 Å². The predicted octanol–water partition coefficient (Wildman–Crippen LogP) is 0.915. The molecule has 1 atom stereocenters. The summed E-state index contributed by atoms with van der Waals surface area (Å²) in [4.78, 5) is 25.4. The molecule has 2 amide bonds. The van der Waals surface area contributed by atoms with Gasteiger partial charge in [0, 0.05) is 32.0 Å². The van der Waals surface area contributed by atoms with Crippen molar-refractivity contribution in [2.75, 3.05) is 19.6 Å². The maximum Gasteiger partial charge on any atom is 0.223 e. The lowest BCUT2D eigenvalue weighted by molar-refractivity contribution is -0.137. The second kappa shape index (κ2) is 5.32. The Bertz CT molecular complexity index is 272. The van der Waals surface area contributed by atoms with Crippen LogP contribution in [-0.2, 0) is 9.59 Å². The van der Waals surface area contributed by atoms with E-state index in [2.05, 4.69) is 5.32 Å². The van der Waals surface area contributed by atoms with Crippen molar-refractivity contribution in [3.8, 4) is 0 Å². The molecule has 2 aliphatic rings. The van der Waals surface area contributed by atoms with E-state index in [1.807, 2.05) is 4.90 Å². The van der Waals surface area contributed by atoms with Crippen LogP contribution in [0.15, 0.2) is 0 Å². The van der Waals surface area contributed by atoms with Crippen LogP contribution >= 0.6 is 0 Å². The molecule has 90 valence electrons. The number of hydrogen-bond acceptors (Lipinski definition) is 2. The quantitative estimate of drug-likeness (QED) is 0.758. The lowest BCUT2D eigenvalue weighted by Crippen LogP contribution is -2.41. The Labute approximate surface area is 96.4 Å². The topological polar surface area (TPSA) is 49.4 Å². The van der Waals surface area contributed by atoms with Crippen LogP contribution in [0.3, 0.4) is 0 Å². The average molecular weight is 224 g/mol. The largest absolute Gasteiger partial charge is 0.356 e. The van der Waals surface area contributed by atoms with Crippen molar-refractivity contribution >= 4 is 11.8 Å². The number of rotatable bonds is 2. The first-order chi connectivity index (χ1) is 7.77. The van der Waals surface area contributed by atoms with Crippen molar-refractivity contribution in [3.05, 3.63) is 0 Å². The van der Waals surface area contributed by atoms with E-state index in [9.17, 15) is 9.59 Å². The van der Waals surface area contributed by atoms with Crippen LogP contribution in [0.1, 0.15) is 38.5 Å². The molecule has 0 aromatic rings. The highest BCUT2D eigenvalue weighted by Gasteiger charge is 2.27. The zero-order chi connectivity index (χ0) is 11.4. The van der Waals surface area contributed by atoms with Gasteiger partial charge in [0.05, 0.1) is 0 Å². The van der Waals surface area contributed by atoms with Gasteiger partial charge in [-0.15, -0.1) is 0 Å². The fraction of sp³-hybridized carbons (Fsp3) is 0.833. The first-order valence-corrected chi connectivity index (χ1v) is 6.33. The summed E-state index contributed by atoms with van der Waals surface area (Å²) in [5.74, 6) is 0.154. The van der Waals surface area contributed by atoms with E-state index in [0.717, 1.165) is 45.3 Å². The summed E-state index contributed by atoms with van der Waals surface area (Å²) in [5.41, 5.74) is 0. The molecule has 0 saturated carbocycles. The Balaban J connectivity index is 1.83. The maximum atomic E-state index is 12.0. The third-order valence-electron chi connectivity index (χ3n) is 3.53. The number of hydrogen-bond donors (Lipinski definition) is 1. The van der Waals surface area contributed by atoms with Gasteiger partial charge in [0.1, 0.15) is 0 Å². The minimum absolute atomic E-state index is 0.0663. The molecule has 2 aliphatic heterocycles. The Morgan fingerprint density at radius 1 is 1.25 bits per heavy atom. The lowest BCUT2D eigenvalue weighted by Gasteiger charge is -2.29. The van der Waals surface area contributed by atoms with Crippen LogP contribution in [0.5, 0.6) is 0 Å². The van der Waals surface area contributed by atoms with Gasteiger partial charge in [-0.1, -0.05) is 0 Å². The zero-order valence-electron chi connectivity index (χ0n) is 9.71. The van der Waals surface area contributed by atoms with Crippen molar-refractivity contribution in [1.29, 1.82) is 0 Å². The molecule has 2 fully saturated rings. The Kier molecular flexibility index (Phi) is 3.80. The molecular formula is C12H20N2O2. The number of amides is 2. The van der Waals surface area contributed by atoms with E-state index in [1.54, 1.807) is 0 Å². The van der Waals surface area contributed by atoms with Gasteiger partial charge in [0.25, 0.3) is 0 Å². The summed E-state index contributed by atoms with van der Waals surface area (Å²) >= 11 is 0. The summed E-state index contributed by atoms with van der Waals surface area (Å²) in [5, 5.41) is 2.83. The minimum atomic E-state index is -0.0804. The molecule has 0 bridgehead atoms. The van der Waals surface area contributed by atoms with Gasteiger partial charge in [-0.25, -0.2) is 0 Å². The number of likely N-dealkylation sites (tertiary alicyclic amines) is 1. The van der Waals surface area contributed by atoms with E-state index >= 15 is 0 Å². The second-order valence-electron chi connectivity index (χ2n) is 4.78. The highest BCUT2D eigenvalue weighted by atomic mass is 16.2. The predicted molar refractivity (Wildman–Crippen MR) is 60.8 cm³/mol. The van der Waals surface area contributed by atoms with Crippen LogP contribution in [0.4, 0.5) is 0 Å².